The maximum absolute atomic E-state index is 10.2. The predicted molar refractivity (Wildman–Crippen MR) is 111 cm³/mol. The van der Waals surface area contributed by atoms with Crippen molar-refractivity contribution in [1.29, 1.82) is 0 Å². The zero-order valence-corrected chi connectivity index (χ0v) is 19.0. The van der Waals surface area contributed by atoms with Gasteiger partial charge >= 0.3 is 0 Å². The molecule has 2 saturated heterocycles. The highest BCUT2D eigenvalue weighted by atomic mass is 28.4. The second kappa shape index (κ2) is 7.38. The fourth-order valence-corrected chi connectivity index (χ4v) is 5.10. The van der Waals surface area contributed by atoms with Crippen molar-refractivity contribution in [2.45, 2.75) is 88.9 Å². The van der Waals surface area contributed by atoms with Crippen LogP contribution in [0.15, 0.2) is 24.3 Å². The lowest BCUT2D eigenvalue weighted by Gasteiger charge is -2.48. The lowest BCUT2D eigenvalue weighted by Crippen LogP contribution is -2.64. The summed E-state index contributed by atoms with van der Waals surface area (Å²) in [5.41, 5.74) is 0.985. The number of ether oxygens (including phenoxy) is 2. The molecule has 2 aliphatic rings. The van der Waals surface area contributed by atoms with E-state index in [1.165, 1.54) is 0 Å². The molecule has 0 spiro atoms. The Hall–Kier alpha value is -0.963. The minimum Gasteiger partial charge on any atom is -0.508 e. The summed E-state index contributed by atoms with van der Waals surface area (Å²) < 4.78 is 19.3. The molecule has 7 heteroatoms. The molecular formula is C21H35NO5Si. The van der Waals surface area contributed by atoms with E-state index < -0.39 is 14.1 Å². The number of hydrogen-bond acceptors (Lipinski definition) is 6. The summed E-state index contributed by atoms with van der Waals surface area (Å²) >= 11 is 0. The van der Waals surface area contributed by atoms with E-state index in [1.807, 2.05) is 26.0 Å². The molecule has 2 heterocycles. The number of aromatic hydroxyl groups is 1. The number of hydrogen-bond donors (Lipinski definition) is 3. The van der Waals surface area contributed by atoms with Gasteiger partial charge < -0.3 is 29.4 Å². The van der Waals surface area contributed by atoms with Crippen LogP contribution in [0.2, 0.25) is 18.1 Å². The molecular weight excluding hydrogens is 374 g/mol. The Bertz CT molecular complexity index is 685. The summed E-state index contributed by atoms with van der Waals surface area (Å²) in [6, 6.07) is 6.65. The van der Waals surface area contributed by atoms with Crippen LogP contribution in [-0.2, 0) is 13.9 Å². The highest BCUT2D eigenvalue weighted by molar-refractivity contribution is 6.74. The summed E-state index contributed by atoms with van der Waals surface area (Å²) in [7, 11) is -2.09. The minimum atomic E-state index is -2.09. The van der Waals surface area contributed by atoms with E-state index in [0.29, 0.717) is 0 Å². The van der Waals surface area contributed by atoms with Gasteiger partial charge in [-0.05, 0) is 49.7 Å². The third kappa shape index (κ3) is 4.15. The first-order valence-electron chi connectivity index (χ1n) is 10.0. The summed E-state index contributed by atoms with van der Waals surface area (Å²) in [6.07, 6.45) is -0.843. The van der Waals surface area contributed by atoms with E-state index in [0.717, 1.165) is 5.56 Å². The van der Waals surface area contributed by atoms with Crippen molar-refractivity contribution >= 4 is 8.32 Å². The standard InChI is InChI=1S/C21H35NO5Si/c1-20(2,3)28(6,7)27-17-15(12-23)22-16(13-8-10-14(24)11-9-13)18-19(17)26-21(4,5)25-18/h8-11,15-19,22-24H,12H2,1-7H3/t15-,16+,17-,18-,19+/m1/s1. The molecule has 0 bridgehead atoms. The Labute approximate surface area is 169 Å². The smallest absolute Gasteiger partial charge is 0.192 e. The SMILES string of the molecule is CC1(C)O[C@H]2[C@H](O[Si](C)(C)C(C)(C)C)[C@@H](CO)N[C@@H](c3ccc(O)cc3)[C@H]2O1. The van der Waals surface area contributed by atoms with Gasteiger partial charge in [0.05, 0.1) is 24.8 Å². The number of nitrogens with one attached hydrogen (secondary N) is 1. The van der Waals surface area contributed by atoms with Crippen LogP contribution in [0.4, 0.5) is 0 Å². The van der Waals surface area contributed by atoms with Crippen LogP contribution >= 0.6 is 0 Å². The number of phenols is 1. The van der Waals surface area contributed by atoms with Gasteiger partial charge in [0.25, 0.3) is 0 Å². The van der Waals surface area contributed by atoms with Crippen molar-refractivity contribution in [3.8, 4) is 5.75 Å². The van der Waals surface area contributed by atoms with Gasteiger partial charge in [0.2, 0.25) is 0 Å². The van der Waals surface area contributed by atoms with E-state index in [-0.39, 0.29) is 47.8 Å². The second-order valence-electron chi connectivity index (χ2n) is 9.93. The summed E-state index contributed by atoms with van der Waals surface area (Å²) in [6.45, 7) is 14.8. The molecule has 6 nitrogen and oxygen atoms in total. The first-order chi connectivity index (χ1) is 12.8. The first-order valence-corrected chi connectivity index (χ1v) is 12.9. The maximum Gasteiger partial charge on any atom is 0.192 e. The maximum atomic E-state index is 10.2. The Morgan fingerprint density at radius 2 is 1.68 bits per heavy atom. The second-order valence-corrected chi connectivity index (χ2v) is 14.7. The molecule has 1 aromatic carbocycles. The molecule has 0 saturated carbocycles. The van der Waals surface area contributed by atoms with Crippen LogP contribution in [-0.4, -0.2) is 55.3 Å². The fourth-order valence-electron chi connectivity index (χ4n) is 3.77. The van der Waals surface area contributed by atoms with Gasteiger partial charge in [0, 0.05) is 0 Å². The van der Waals surface area contributed by atoms with E-state index in [9.17, 15) is 10.2 Å². The van der Waals surface area contributed by atoms with E-state index in [1.54, 1.807) is 12.1 Å². The summed E-state index contributed by atoms with van der Waals surface area (Å²) in [4.78, 5) is 0. The van der Waals surface area contributed by atoms with E-state index >= 15 is 0 Å². The van der Waals surface area contributed by atoms with Crippen LogP contribution < -0.4 is 5.32 Å². The van der Waals surface area contributed by atoms with E-state index in [4.69, 9.17) is 13.9 Å². The van der Waals surface area contributed by atoms with Crippen molar-refractivity contribution in [3.05, 3.63) is 29.8 Å². The topological polar surface area (TPSA) is 80.2 Å². The quantitative estimate of drug-likeness (QED) is 0.662. The van der Waals surface area contributed by atoms with Crippen molar-refractivity contribution in [2.24, 2.45) is 0 Å². The highest BCUT2D eigenvalue weighted by Crippen LogP contribution is 2.45. The minimum absolute atomic E-state index is 0.0469. The number of phenolic OH excluding ortho intramolecular Hbond substituents is 1. The Kier molecular flexibility index (Phi) is 5.73. The number of rotatable bonds is 4. The van der Waals surface area contributed by atoms with Crippen LogP contribution in [0.3, 0.4) is 0 Å². The molecule has 5 atom stereocenters. The van der Waals surface area contributed by atoms with Crippen molar-refractivity contribution < 1.29 is 24.1 Å². The third-order valence-electron chi connectivity index (χ3n) is 6.29. The first kappa shape index (κ1) is 21.7. The normalized spacial score (nSPS) is 32.9. The zero-order valence-electron chi connectivity index (χ0n) is 18.0. The van der Waals surface area contributed by atoms with Gasteiger partial charge in [-0.2, -0.15) is 0 Å². The molecule has 0 aliphatic carbocycles. The lowest BCUT2D eigenvalue weighted by molar-refractivity contribution is -0.153. The molecule has 28 heavy (non-hydrogen) atoms. The number of fused-ring (bicyclic) bond motifs is 1. The average Bonchev–Trinajstić information content (AvgIpc) is 2.90. The van der Waals surface area contributed by atoms with E-state index in [2.05, 4.69) is 39.2 Å². The van der Waals surface area contributed by atoms with Crippen LogP contribution in [0.1, 0.15) is 46.2 Å². The monoisotopic (exact) mass is 409 g/mol. The van der Waals surface area contributed by atoms with Crippen molar-refractivity contribution in [3.63, 3.8) is 0 Å². The van der Waals surface area contributed by atoms with Crippen molar-refractivity contribution in [2.75, 3.05) is 6.61 Å². The van der Waals surface area contributed by atoms with Gasteiger partial charge in [-0.3, -0.25) is 0 Å². The Morgan fingerprint density at radius 3 is 2.21 bits per heavy atom. The Balaban J connectivity index is 1.95. The Morgan fingerprint density at radius 1 is 1.11 bits per heavy atom. The molecule has 2 aliphatic heterocycles. The fraction of sp³-hybridized carbons (Fsp3) is 0.714. The molecule has 3 rings (SSSR count). The predicted octanol–water partition coefficient (Wildman–Crippen LogP) is 3.31. The largest absolute Gasteiger partial charge is 0.508 e. The molecule has 3 N–H and O–H groups in total. The number of aliphatic hydroxyl groups excluding tert-OH is 1. The lowest BCUT2D eigenvalue weighted by atomic mass is 9.87. The zero-order chi connectivity index (χ0) is 20.9. The number of aliphatic hydroxyl groups is 1. The number of benzene rings is 1. The average molecular weight is 410 g/mol. The summed E-state index contributed by atoms with van der Waals surface area (Å²) in [5.74, 6) is -0.510. The molecule has 2 fully saturated rings. The van der Waals surface area contributed by atoms with Gasteiger partial charge in [-0.1, -0.05) is 32.9 Å². The van der Waals surface area contributed by atoms with Crippen LogP contribution in [0.5, 0.6) is 5.75 Å². The molecule has 1 aromatic rings. The molecule has 158 valence electrons. The van der Waals surface area contributed by atoms with Crippen molar-refractivity contribution in [1.82, 2.24) is 5.32 Å². The number of piperidine rings is 1. The highest BCUT2D eigenvalue weighted by Gasteiger charge is 2.56. The molecule has 0 amide bonds. The molecule has 0 unspecified atom stereocenters. The summed E-state index contributed by atoms with van der Waals surface area (Å²) in [5, 5.41) is 23.4. The van der Waals surface area contributed by atoms with Crippen LogP contribution in [0, 0.1) is 0 Å². The van der Waals surface area contributed by atoms with Crippen LogP contribution in [0.25, 0.3) is 0 Å². The van der Waals surface area contributed by atoms with Gasteiger partial charge in [0.15, 0.2) is 14.1 Å². The molecule has 0 radical (unpaired) electrons. The van der Waals surface area contributed by atoms with Gasteiger partial charge in [0.1, 0.15) is 18.0 Å². The molecule has 0 aromatic heterocycles. The third-order valence-corrected chi connectivity index (χ3v) is 10.8. The van der Waals surface area contributed by atoms with Gasteiger partial charge in [-0.25, -0.2) is 0 Å². The van der Waals surface area contributed by atoms with Gasteiger partial charge in [-0.15, -0.1) is 0 Å².